The Balaban J connectivity index is 2.13. The summed E-state index contributed by atoms with van der Waals surface area (Å²) in [4.78, 5) is 25.2. The van der Waals surface area contributed by atoms with Gasteiger partial charge in [-0.1, -0.05) is 30.3 Å². The van der Waals surface area contributed by atoms with Gasteiger partial charge < -0.3 is 20.6 Å². The normalized spacial score (nSPS) is 21.3. The molecule has 3 N–H and O–H groups in total. The summed E-state index contributed by atoms with van der Waals surface area (Å²) in [7, 11) is 1.72. The van der Waals surface area contributed by atoms with E-state index >= 15 is 0 Å². The first kappa shape index (κ1) is 16.5. The Morgan fingerprint density at radius 1 is 1.45 bits per heavy atom. The van der Waals surface area contributed by atoms with E-state index in [1.807, 2.05) is 30.3 Å². The van der Waals surface area contributed by atoms with Gasteiger partial charge in [0.2, 0.25) is 11.8 Å². The van der Waals surface area contributed by atoms with Gasteiger partial charge in [0.05, 0.1) is 12.1 Å². The Morgan fingerprint density at radius 2 is 2.14 bits per heavy atom. The molecule has 1 aliphatic rings. The van der Waals surface area contributed by atoms with Crippen LogP contribution in [0.1, 0.15) is 12.5 Å². The molecule has 1 fully saturated rings. The number of aliphatic hydroxyl groups excluding tert-OH is 1. The summed E-state index contributed by atoms with van der Waals surface area (Å²) in [5, 5.41) is 16.4. The first-order chi connectivity index (χ1) is 10.5. The number of rotatable bonds is 5. The van der Waals surface area contributed by atoms with Crippen LogP contribution in [0.2, 0.25) is 0 Å². The number of piperazine rings is 1. The molecule has 3 atom stereocenters. The van der Waals surface area contributed by atoms with E-state index in [0.717, 1.165) is 5.56 Å². The number of hydrogen-bond donors (Lipinski definition) is 3. The maximum Gasteiger partial charge on any atom is 0.242 e. The SMILES string of the molecule is CC(=O)NC(Cc1ccccc1)C(O)C1NCCN(C)C1=O. The molecule has 0 saturated carbocycles. The van der Waals surface area contributed by atoms with Crippen molar-refractivity contribution in [2.24, 2.45) is 0 Å². The van der Waals surface area contributed by atoms with Crippen LogP contribution in [0.4, 0.5) is 0 Å². The zero-order valence-electron chi connectivity index (χ0n) is 13.0. The van der Waals surface area contributed by atoms with Crippen molar-refractivity contribution in [3.8, 4) is 0 Å². The van der Waals surface area contributed by atoms with Crippen LogP contribution in [0.15, 0.2) is 30.3 Å². The second-order valence-corrected chi connectivity index (χ2v) is 5.68. The summed E-state index contributed by atoms with van der Waals surface area (Å²) >= 11 is 0. The van der Waals surface area contributed by atoms with Crippen molar-refractivity contribution in [2.75, 3.05) is 20.1 Å². The van der Waals surface area contributed by atoms with E-state index in [1.165, 1.54) is 6.92 Å². The van der Waals surface area contributed by atoms with E-state index in [1.54, 1.807) is 11.9 Å². The third-order valence-corrected chi connectivity index (χ3v) is 3.89. The number of likely N-dealkylation sites (N-methyl/N-ethyl adjacent to an activating group) is 1. The minimum atomic E-state index is -0.987. The van der Waals surface area contributed by atoms with Gasteiger partial charge in [0.1, 0.15) is 6.04 Å². The van der Waals surface area contributed by atoms with Gasteiger partial charge in [-0.05, 0) is 12.0 Å². The van der Waals surface area contributed by atoms with Crippen molar-refractivity contribution in [3.63, 3.8) is 0 Å². The molecule has 1 aromatic rings. The molecule has 6 nitrogen and oxygen atoms in total. The molecular formula is C16H23N3O3. The highest BCUT2D eigenvalue weighted by Gasteiger charge is 2.36. The number of carbonyl (C=O) groups excluding carboxylic acids is 2. The van der Waals surface area contributed by atoms with E-state index in [-0.39, 0.29) is 11.8 Å². The standard InChI is InChI=1S/C16H23N3O3/c1-11(20)18-13(10-12-6-4-3-5-7-12)15(21)14-16(22)19(2)9-8-17-14/h3-7,13-15,17,21H,8-10H2,1-2H3,(H,18,20). The molecule has 0 spiro atoms. The van der Waals surface area contributed by atoms with E-state index in [4.69, 9.17) is 0 Å². The van der Waals surface area contributed by atoms with Crippen LogP contribution >= 0.6 is 0 Å². The summed E-state index contributed by atoms with van der Waals surface area (Å²) < 4.78 is 0. The number of benzene rings is 1. The third-order valence-electron chi connectivity index (χ3n) is 3.89. The molecule has 6 heteroatoms. The quantitative estimate of drug-likeness (QED) is 0.687. The fraction of sp³-hybridized carbons (Fsp3) is 0.500. The summed E-state index contributed by atoms with van der Waals surface area (Å²) in [5.74, 6) is -0.376. The van der Waals surface area contributed by atoms with Crippen LogP contribution in [-0.2, 0) is 16.0 Å². The van der Waals surface area contributed by atoms with Gasteiger partial charge in [0, 0.05) is 27.1 Å². The predicted octanol–water partition coefficient (Wildman–Crippen LogP) is -0.475. The van der Waals surface area contributed by atoms with E-state index in [9.17, 15) is 14.7 Å². The Hall–Kier alpha value is -1.92. The van der Waals surface area contributed by atoms with Gasteiger partial charge in [-0.2, -0.15) is 0 Å². The molecule has 1 aliphatic heterocycles. The zero-order chi connectivity index (χ0) is 16.1. The van der Waals surface area contributed by atoms with Crippen molar-refractivity contribution in [1.82, 2.24) is 15.5 Å². The number of nitrogens with one attached hydrogen (secondary N) is 2. The van der Waals surface area contributed by atoms with E-state index in [0.29, 0.717) is 19.5 Å². The van der Waals surface area contributed by atoms with Gasteiger partial charge in [0.25, 0.3) is 0 Å². The first-order valence-electron chi connectivity index (χ1n) is 7.46. The van der Waals surface area contributed by atoms with Crippen LogP contribution in [0, 0.1) is 0 Å². The number of amides is 2. The van der Waals surface area contributed by atoms with Crippen molar-refractivity contribution in [1.29, 1.82) is 0 Å². The molecular weight excluding hydrogens is 282 g/mol. The lowest BCUT2D eigenvalue weighted by Crippen LogP contribution is -2.63. The molecule has 0 bridgehead atoms. The van der Waals surface area contributed by atoms with Gasteiger partial charge >= 0.3 is 0 Å². The van der Waals surface area contributed by atoms with Crippen molar-refractivity contribution < 1.29 is 14.7 Å². The number of nitrogens with zero attached hydrogens (tertiary/aromatic N) is 1. The Bertz CT molecular complexity index is 521. The lowest BCUT2D eigenvalue weighted by Gasteiger charge is -2.36. The Labute approximate surface area is 130 Å². The summed E-state index contributed by atoms with van der Waals surface area (Å²) in [6.45, 7) is 2.65. The minimum absolute atomic E-state index is 0.151. The number of hydrogen-bond acceptors (Lipinski definition) is 4. The van der Waals surface area contributed by atoms with E-state index < -0.39 is 18.2 Å². The lowest BCUT2D eigenvalue weighted by molar-refractivity contribution is -0.138. The maximum absolute atomic E-state index is 12.2. The summed E-state index contributed by atoms with van der Waals surface area (Å²) in [5.41, 5.74) is 0.997. The average Bonchev–Trinajstić information content (AvgIpc) is 2.49. The van der Waals surface area contributed by atoms with Crippen LogP contribution in [0.3, 0.4) is 0 Å². The van der Waals surface area contributed by atoms with Crippen LogP contribution in [0.25, 0.3) is 0 Å². The second kappa shape index (κ2) is 7.38. The fourth-order valence-corrected chi connectivity index (χ4v) is 2.71. The van der Waals surface area contributed by atoms with Gasteiger partial charge in [-0.15, -0.1) is 0 Å². The molecule has 3 unspecified atom stereocenters. The first-order valence-corrected chi connectivity index (χ1v) is 7.46. The average molecular weight is 305 g/mol. The smallest absolute Gasteiger partial charge is 0.242 e. The molecule has 1 saturated heterocycles. The third kappa shape index (κ3) is 4.05. The monoisotopic (exact) mass is 305 g/mol. The summed E-state index contributed by atoms with van der Waals surface area (Å²) in [6, 6.07) is 8.38. The van der Waals surface area contributed by atoms with Crippen LogP contribution in [-0.4, -0.2) is 60.1 Å². The van der Waals surface area contributed by atoms with Gasteiger partial charge in [-0.25, -0.2) is 0 Å². The zero-order valence-corrected chi connectivity index (χ0v) is 13.0. The highest BCUT2D eigenvalue weighted by atomic mass is 16.3. The maximum atomic E-state index is 12.2. The molecule has 120 valence electrons. The van der Waals surface area contributed by atoms with Crippen molar-refractivity contribution >= 4 is 11.8 Å². The van der Waals surface area contributed by atoms with Crippen LogP contribution in [0.5, 0.6) is 0 Å². The largest absolute Gasteiger partial charge is 0.389 e. The molecule has 1 heterocycles. The Morgan fingerprint density at radius 3 is 2.77 bits per heavy atom. The van der Waals surface area contributed by atoms with E-state index in [2.05, 4.69) is 10.6 Å². The Kier molecular flexibility index (Phi) is 5.51. The molecule has 2 amide bonds. The highest BCUT2D eigenvalue weighted by molar-refractivity contribution is 5.83. The van der Waals surface area contributed by atoms with Crippen molar-refractivity contribution in [2.45, 2.75) is 31.5 Å². The molecule has 1 aromatic carbocycles. The predicted molar refractivity (Wildman–Crippen MR) is 83.2 cm³/mol. The molecule has 0 radical (unpaired) electrons. The second-order valence-electron chi connectivity index (χ2n) is 5.68. The number of aliphatic hydroxyl groups is 1. The summed E-state index contributed by atoms with van der Waals surface area (Å²) in [6.07, 6.45) is -0.518. The molecule has 2 rings (SSSR count). The fourth-order valence-electron chi connectivity index (χ4n) is 2.71. The molecule has 22 heavy (non-hydrogen) atoms. The lowest BCUT2D eigenvalue weighted by atomic mass is 9.94. The minimum Gasteiger partial charge on any atom is -0.389 e. The van der Waals surface area contributed by atoms with Gasteiger partial charge in [0.15, 0.2) is 0 Å². The van der Waals surface area contributed by atoms with Crippen LogP contribution < -0.4 is 10.6 Å². The topological polar surface area (TPSA) is 81.7 Å². The molecule has 0 aromatic heterocycles. The van der Waals surface area contributed by atoms with Gasteiger partial charge in [-0.3, -0.25) is 9.59 Å². The van der Waals surface area contributed by atoms with Crippen molar-refractivity contribution in [3.05, 3.63) is 35.9 Å². The molecule has 0 aliphatic carbocycles. The number of carbonyl (C=O) groups is 2. The highest BCUT2D eigenvalue weighted by Crippen LogP contribution is 2.12.